The quantitative estimate of drug-likeness (QED) is 0.909. The van der Waals surface area contributed by atoms with Crippen LogP contribution in [0.1, 0.15) is 6.42 Å². The summed E-state index contributed by atoms with van der Waals surface area (Å²) in [7, 11) is 3.14. The molecule has 1 atom stereocenters. The second-order valence-electron chi connectivity index (χ2n) is 5.79. The number of rotatable bonds is 5. The molecule has 1 heterocycles. The number of carbonyl (C=O) groups is 2. The molecule has 1 fully saturated rings. The van der Waals surface area contributed by atoms with Crippen LogP contribution in [0.25, 0.3) is 0 Å². The number of nitrogens with zero attached hydrogens (tertiary/aromatic N) is 1. The molecule has 1 aliphatic rings. The van der Waals surface area contributed by atoms with Gasteiger partial charge in [-0.25, -0.2) is 0 Å². The largest absolute Gasteiger partial charge is 0.497 e. The molecule has 2 amide bonds. The van der Waals surface area contributed by atoms with Crippen LogP contribution in [0.4, 0.5) is 11.4 Å². The van der Waals surface area contributed by atoms with E-state index in [1.165, 1.54) is 0 Å². The summed E-state index contributed by atoms with van der Waals surface area (Å²) in [6, 6.07) is 14.4. The SMILES string of the molecule is COc1ccc(N2C[C@H](C(=O)Nc3ccccc3OC)CC2=O)cc1. The summed E-state index contributed by atoms with van der Waals surface area (Å²) in [5.74, 6) is 0.659. The van der Waals surface area contributed by atoms with Crippen LogP contribution in [0, 0.1) is 5.92 Å². The van der Waals surface area contributed by atoms with Crippen LogP contribution in [0.3, 0.4) is 0 Å². The van der Waals surface area contributed by atoms with E-state index in [-0.39, 0.29) is 18.2 Å². The van der Waals surface area contributed by atoms with E-state index < -0.39 is 5.92 Å². The van der Waals surface area contributed by atoms with Crippen LogP contribution >= 0.6 is 0 Å². The van der Waals surface area contributed by atoms with E-state index in [4.69, 9.17) is 9.47 Å². The monoisotopic (exact) mass is 340 g/mol. The molecule has 0 spiro atoms. The van der Waals surface area contributed by atoms with Crippen molar-refractivity contribution in [3.8, 4) is 11.5 Å². The number of hydrogen-bond donors (Lipinski definition) is 1. The van der Waals surface area contributed by atoms with Gasteiger partial charge in [-0.2, -0.15) is 0 Å². The standard InChI is InChI=1S/C19H20N2O4/c1-24-15-9-7-14(8-10-15)21-12-13(11-18(21)22)19(23)20-16-5-3-4-6-17(16)25-2/h3-10,13H,11-12H2,1-2H3,(H,20,23)/t13-/m1/s1. The van der Waals surface area contributed by atoms with Gasteiger partial charge in [-0.15, -0.1) is 0 Å². The van der Waals surface area contributed by atoms with Crippen molar-refractivity contribution < 1.29 is 19.1 Å². The molecule has 0 unspecified atom stereocenters. The molecular formula is C19H20N2O4. The zero-order chi connectivity index (χ0) is 17.8. The molecule has 1 saturated heterocycles. The molecule has 6 nitrogen and oxygen atoms in total. The first kappa shape index (κ1) is 16.8. The number of amides is 2. The van der Waals surface area contributed by atoms with Crippen molar-refractivity contribution in [3.63, 3.8) is 0 Å². The Bertz CT molecular complexity index is 773. The second-order valence-corrected chi connectivity index (χ2v) is 5.79. The number of ether oxygens (including phenoxy) is 2. The van der Waals surface area contributed by atoms with Crippen LogP contribution in [0.5, 0.6) is 11.5 Å². The van der Waals surface area contributed by atoms with E-state index in [9.17, 15) is 9.59 Å². The van der Waals surface area contributed by atoms with Gasteiger partial charge in [-0.1, -0.05) is 12.1 Å². The average Bonchev–Trinajstić information content (AvgIpc) is 3.04. The number of methoxy groups -OCH3 is 2. The minimum Gasteiger partial charge on any atom is -0.497 e. The van der Waals surface area contributed by atoms with Gasteiger partial charge in [0.2, 0.25) is 11.8 Å². The van der Waals surface area contributed by atoms with Gasteiger partial charge in [0.1, 0.15) is 11.5 Å². The molecule has 0 saturated carbocycles. The molecule has 25 heavy (non-hydrogen) atoms. The van der Waals surface area contributed by atoms with Gasteiger partial charge in [0.15, 0.2) is 0 Å². The van der Waals surface area contributed by atoms with Gasteiger partial charge in [0.25, 0.3) is 0 Å². The summed E-state index contributed by atoms with van der Waals surface area (Å²) in [6.45, 7) is 0.353. The fraction of sp³-hybridized carbons (Fsp3) is 0.263. The molecule has 2 aromatic rings. The van der Waals surface area contributed by atoms with Gasteiger partial charge in [-0.05, 0) is 36.4 Å². The number of para-hydroxylation sites is 2. The minimum atomic E-state index is -0.403. The lowest BCUT2D eigenvalue weighted by atomic mass is 10.1. The van der Waals surface area contributed by atoms with Gasteiger partial charge in [0.05, 0.1) is 25.8 Å². The Morgan fingerprint density at radius 2 is 1.80 bits per heavy atom. The van der Waals surface area contributed by atoms with Crippen LogP contribution in [0.15, 0.2) is 48.5 Å². The van der Waals surface area contributed by atoms with E-state index in [1.54, 1.807) is 43.4 Å². The summed E-state index contributed by atoms with van der Waals surface area (Å²) in [6.07, 6.45) is 0.188. The zero-order valence-electron chi connectivity index (χ0n) is 14.2. The highest BCUT2D eigenvalue weighted by Gasteiger charge is 2.35. The van der Waals surface area contributed by atoms with Crippen molar-refractivity contribution in [2.45, 2.75) is 6.42 Å². The van der Waals surface area contributed by atoms with Crippen molar-refractivity contribution >= 4 is 23.2 Å². The van der Waals surface area contributed by atoms with Crippen molar-refractivity contribution in [1.82, 2.24) is 0 Å². The summed E-state index contributed by atoms with van der Waals surface area (Å²) in [4.78, 5) is 26.5. The predicted molar refractivity (Wildman–Crippen MR) is 95.1 cm³/mol. The lowest BCUT2D eigenvalue weighted by Crippen LogP contribution is -2.28. The first-order valence-corrected chi connectivity index (χ1v) is 8.00. The number of hydrogen-bond acceptors (Lipinski definition) is 4. The van der Waals surface area contributed by atoms with Crippen molar-refractivity contribution in [1.29, 1.82) is 0 Å². The molecule has 0 aliphatic carbocycles. The fourth-order valence-electron chi connectivity index (χ4n) is 2.88. The van der Waals surface area contributed by atoms with Crippen LogP contribution in [-0.2, 0) is 9.59 Å². The maximum Gasteiger partial charge on any atom is 0.229 e. The Morgan fingerprint density at radius 1 is 1.08 bits per heavy atom. The Morgan fingerprint density at radius 3 is 2.48 bits per heavy atom. The number of carbonyl (C=O) groups excluding carboxylic acids is 2. The predicted octanol–water partition coefficient (Wildman–Crippen LogP) is 2.70. The summed E-state index contributed by atoms with van der Waals surface area (Å²) in [5.41, 5.74) is 1.36. The van der Waals surface area contributed by atoms with E-state index >= 15 is 0 Å². The maximum atomic E-state index is 12.5. The topological polar surface area (TPSA) is 67.9 Å². The molecule has 0 radical (unpaired) electrons. The lowest BCUT2D eigenvalue weighted by molar-refractivity contribution is -0.122. The highest BCUT2D eigenvalue weighted by molar-refractivity contribution is 6.03. The number of nitrogens with one attached hydrogen (secondary N) is 1. The zero-order valence-corrected chi connectivity index (χ0v) is 14.2. The lowest BCUT2D eigenvalue weighted by Gasteiger charge is -2.17. The Kier molecular flexibility index (Phi) is 4.88. The van der Waals surface area contributed by atoms with E-state index in [0.29, 0.717) is 18.0 Å². The molecule has 3 rings (SSSR count). The molecule has 2 aromatic carbocycles. The van der Waals surface area contributed by atoms with Crippen LogP contribution < -0.4 is 19.7 Å². The number of anilines is 2. The highest BCUT2D eigenvalue weighted by Crippen LogP contribution is 2.29. The third-order valence-corrected chi connectivity index (χ3v) is 4.24. The summed E-state index contributed by atoms with van der Waals surface area (Å²) >= 11 is 0. The van der Waals surface area contributed by atoms with Crippen molar-refractivity contribution in [2.75, 3.05) is 31.0 Å². The summed E-state index contributed by atoms with van der Waals surface area (Å²) in [5, 5.41) is 2.85. The molecule has 6 heteroatoms. The third kappa shape index (κ3) is 3.57. The van der Waals surface area contributed by atoms with Gasteiger partial charge >= 0.3 is 0 Å². The number of benzene rings is 2. The van der Waals surface area contributed by atoms with E-state index in [2.05, 4.69) is 5.32 Å². The maximum absolute atomic E-state index is 12.5. The second kappa shape index (κ2) is 7.25. The Balaban J connectivity index is 1.70. The molecule has 1 aliphatic heterocycles. The smallest absolute Gasteiger partial charge is 0.229 e. The fourth-order valence-corrected chi connectivity index (χ4v) is 2.88. The van der Waals surface area contributed by atoms with E-state index in [0.717, 1.165) is 11.4 Å². The molecule has 0 bridgehead atoms. The van der Waals surface area contributed by atoms with Gasteiger partial charge in [-0.3, -0.25) is 9.59 Å². The Labute approximate surface area is 146 Å². The molecule has 130 valence electrons. The first-order chi connectivity index (χ1) is 12.1. The van der Waals surface area contributed by atoms with Gasteiger partial charge in [0, 0.05) is 18.7 Å². The molecular weight excluding hydrogens is 320 g/mol. The highest BCUT2D eigenvalue weighted by atomic mass is 16.5. The van der Waals surface area contributed by atoms with Crippen LogP contribution in [-0.4, -0.2) is 32.6 Å². The molecule has 1 N–H and O–H groups in total. The molecule has 0 aromatic heterocycles. The minimum absolute atomic E-state index is 0.0645. The van der Waals surface area contributed by atoms with Gasteiger partial charge < -0.3 is 19.7 Å². The normalized spacial score (nSPS) is 16.6. The van der Waals surface area contributed by atoms with Crippen molar-refractivity contribution in [3.05, 3.63) is 48.5 Å². The Hall–Kier alpha value is -3.02. The average molecular weight is 340 g/mol. The van der Waals surface area contributed by atoms with Crippen molar-refractivity contribution in [2.24, 2.45) is 5.92 Å². The third-order valence-electron chi connectivity index (χ3n) is 4.24. The van der Waals surface area contributed by atoms with E-state index in [1.807, 2.05) is 24.3 Å². The summed E-state index contributed by atoms with van der Waals surface area (Å²) < 4.78 is 10.4. The first-order valence-electron chi connectivity index (χ1n) is 8.00. The van der Waals surface area contributed by atoms with Crippen LogP contribution in [0.2, 0.25) is 0 Å².